The second kappa shape index (κ2) is 9.09. The molecule has 4 heteroatoms. The summed E-state index contributed by atoms with van der Waals surface area (Å²) in [6.07, 6.45) is 1.81. The van der Waals surface area contributed by atoms with Crippen molar-refractivity contribution < 1.29 is 5.11 Å². The lowest BCUT2D eigenvalue weighted by Crippen LogP contribution is -1.98. The highest BCUT2D eigenvalue weighted by atomic mass is 35.5. The highest BCUT2D eigenvalue weighted by Crippen LogP contribution is 2.40. The normalized spacial score (nSPS) is 12.0. The van der Waals surface area contributed by atoms with Crippen LogP contribution in [0.25, 0.3) is 11.1 Å². The molecule has 1 N–H and O–H groups in total. The molecule has 3 aromatic carbocycles. The topological polar surface area (TPSA) is 20.2 Å². The number of phenolic OH excluding ortho intramolecular Hbond substituents is 1. The highest BCUT2D eigenvalue weighted by Gasteiger charge is 2.18. The Bertz CT molecular complexity index is 1020. The molecule has 0 amide bonds. The summed E-state index contributed by atoms with van der Waals surface area (Å²) >= 11 is 17.5. The first-order chi connectivity index (χ1) is 13.4. The maximum absolute atomic E-state index is 9.77. The maximum atomic E-state index is 9.77. The van der Waals surface area contributed by atoms with E-state index in [1.54, 1.807) is 18.2 Å². The van der Waals surface area contributed by atoms with E-state index in [1.807, 2.05) is 24.3 Å². The molecule has 28 heavy (non-hydrogen) atoms. The van der Waals surface area contributed by atoms with Crippen LogP contribution >= 0.6 is 35.8 Å². The molecular weight excluding hydrogens is 407 g/mol. The first kappa shape index (κ1) is 20.9. The average Bonchev–Trinajstić information content (AvgIpc) is 2.64. The summed E-state index contributed by atoms with van der Waals surface area (Å²) < 4.78 is 0. The lowest BCUT2D eigenvalue weighted by molar-refractivity contribution is 0.475. The molecule has 0 fully saturated rings. The van der Waals surface area contributed by atoms with Crippen molar-refractivity contribution in [2.24, 2.45) is 0 Å². The van der Waals surface area contributed by atoms with E-state index in [9.17, 15) is 5.11 Å². The number of hydrogen-bond donors (Lipinski definition) is 2. The van der Waals surface area contributed by atoms with E-state index in [0.717, 1.165) is 51.1 Å². The Morgan fingerprint density at radius 1 is 0.929 bits per heavy atom. The largest absolute Gasteiger partial charge is 0.508 e. The summed E-state index contributed by atoms with van der Waals surface area (Å²) in [5.41, 5.74) is 6.36. The van der Waals surface area contributed by atoms with Gasteiger partial charge in [-0.1, -0.05) is 66.9 Å². The molecule has 144 valence electrons. The number of thiol groups is 1. The van der Waals surface area contributed by atoms with Crippen molar-refractivity contribution >= 4 is 47.0 Å². The molecule has 0 aliphatic rings. The van der Waals surface area contributed by atoms with E-state index in [1.165, 1.54) is 0 Å². The van der Waals surface area contributed by atoms with Crippen LogP contribution in [-0.2, 0) is 0 Å². The summed E-state index contributed by atoms with van der Waals surface area (Å²) in [5.74, 6) is 0.236. The van der Waals surface area contributed by atoms with Crippen molar-refractivity contribution in [1.82, 2.24) is 0 Å². The van der Waals surface area contributed by atoms with Gasteiger partial charge in [0.2, 0.25) is 0 Å². The molecule has 1 nitrogen and oxygen atoms in total. The third kappa shape index (κ3) is 4.57. The van der Waals surface area contributed by atoms with Crippen LogP contribution in [0.1, 0.15) is 42.0 Å². The molecule has 0 radical (unpaired) electrons. The number of benzene rings is 3. The van der Waals surface area contributed by atoms with Crippen LogP contribution < -0.4 is 0 Å². The van der Waals surface area contributed by atoms with Gasteiger partial charge in [0.05, 0.1) is 0 Å². The fraction of sp³-hybridized carbons (Fsp3) is 0.167. The van der Waals surface area contributed by atoms with Crippen molar-refractivity contribution in [3.8, 4) is 5.75 Å². The van der Waals surface area contributed by atoms with Gasteiger partial charge in [-0.15, -0.1) is 12.6 Å². The Labute approximate surface area is 182 Å². The van der Waals surface area contributed by atoms with Crippen LogP contribution in [0.2, 0.25) is 10.0 Å². The van der Waals surface area contributed by atoms with Gasteiger partial charge in [-0.05, 0) is 77.1 Å². The summed E-state index contributed by atoms with van der Waals surface area (Å²) in [6, 6.07) is 19.1. The summed E-state index contributed by atoms with van der Waals surface area (Å²) in [5, 5.41) is 11.0. The van der Waals surface area contributed by atoms with Gasteiger partial charge in [0.25, 0.3) is 0 Å². The molecule has 0 saturated carbocycles. The molecular formula is C24H22Cl2OS. The molecule has 0 atom stereocenters. The van der Waals surface area contributed by atoms with Crippen LogP contribution in [0.4, 0.5) is 0 Å². The van der Waals surface area contributed by atoms with Gasteiger partial charge < -0.3 is 5.11 Å². The van der Waals surface area contributed by atoms with Gasteiger partial charge in [-0.25, -0.2) is 0 Å². The SMILES string of the molecule is CCC/C(=C(/c1ccc(O)cc1)c1ccc(C)cc1S)c1ccc(Cl)cc1Cl. The second-order valence-electron chi connectivity index (χ2n) is 6.80. The van der Waals surface area contributed by atoms with Crippen molar-refractivity contribution in [2.45, 2.75) is 31.6 Å². The number of hydrogen-bond acceptors (Lipinski definition) is 2. The number of aromatic hydroxyl groups is 1. The van der Waals surface area contributed by atoms with E-state index in [4.69, 9.17) is 35.8 Å². The Morgan fingerprint density at radius 3 is 2.21 bits per heavy atom. The van der Waals surface area contributed by atoms with Crippen LogP contribution in [0, 0.1) is 6.92 Å². The average molecular weight is 429 g/mol. The fourth-order valence-electron chi connectivity index (χ4n) is 3.35. The molecule has 0 aliphatic heterocycles. The second-order valence-corrected chi connectivity index (χ2v) is 8.12. The summed E-state index contributed by atoms with van der Waals surface area (Å²) in [4.78, 5) is 0.904. The van der Waals surface area contributed by atoms with Crippen molar-refractivity contribution in [3.05, 3.63) is 93.0 Å². The van der Waals surface area contributed by atoms with Crippen LogP contribution in [0.15, 0.2) is 65.6 Å². The summed E-state index contributed by atoms with van der Waals surface area (Å²) in [6.45, 7) is 4.20. The third-order valence-electron chi connectivity index (χ3n) is 4.64. The van der Waals surface area contributed by atoms with E-state index in [0.29, 0.717) is 10.0 Å². The van der Waals surface area contributed by atoms with Gasteiger partial charge in [-0.3, -0.25) is 0 Å². The predicted molar refractivity (Wildman–Crippen MR) is 124 cm³/mol. The number of allylic oxidation sites excluding steroid dienone is 1. The van der Waals surface area contributed by atoms with E-state index in [-0.39, 0.29) is 5.75 Å². The molecule has 0 bridgehead atoms. The Kier molecular flexibility index (Phi) is 6.77. The molecule has 0 aromatic heterocycles. The molecule has 0 spiro atoms. The predicted octanol–water partition coefficient (Wildman–Crippen LogP) is 8.06. The van der Waals surface area contributed by atoms with Gasteiger partial charge >= 0.3 is 0 Å². The first-order valence-electron chi connectivity index (χ1n) is 9.18. The molecule has 0 aliphatic carbocycles. The molecule has 3 rings (SSSR count). The zero-order valence-corrected chi connectivity index (χ0v) is 18.2. The molecule has 0 saturated heterocycles. The van der Waals surface area contributed by atoms with Crippen molar-refractivity contribution in [2.75, 3.05) is 0 Å². The van der Waals surface area contributed by atoms with E-state index in [2.05, 4.69) is 32.0 Å². The summed E-state index contributed by atoms with van der Waals surface area (Å²) in [7, 11) is 0. The number of rotatable bonds is 5. The Balaban J connectivity index is 2.37. The minimum atomic E-state index is 0.236. The number of aryl methyl sites for hydroxylation is 1. The molecule has 3 aromatic rings. The zero-order chi connectivity index (χ0) is 20.3. The minimum absolute atomic E-state index is 0.236. The first-order valence-corrected chi connectivity index (χ1v) is 10.4. The lowest BCUT2D eigenvalue weighted by atomic mass is 9.87. The minimum Gasteiger partial charge on any atom is -0.508 e. The quantitative estimate of drug-likeness (QED) is 0.310. The lowest BCUT2D eigenvalue weighted by Gasteiger charge is -2.20. The van der Waals surface area contributed by atoms with Gasteiger partial charge in [0.15, 0.2) is 0 Å². The Hall–Kier alpha value is -1.87. The van der Waals surface area contributed by atoms with Gasteiger partial charge in [0.1, 0.15) is 5.75 Å². The molecule has 0 heterocycles. The van der Waals surface area contributed by atoms with Gasteiger partial charge in [0, 0.05) is 14.9 Å². The van der Waals surface area contributed by atoms with E-state index < -0.39 is 0 Å². The molecule has 0 unspecified atom stereocenters. The standard InChI is InChI=1S/C24H22Cl2OS/c1-3-4-20(19-12-8-17(25)14-22(19)26)24(16-6-9-18(27)10-7-16)21-11-5-15(2)13-23(21)28/h5-14,27-28H,3-4H2,1-2H3/b24-20+. The van der Waals surface area contributed by atoms with Gasteiger partial charge in [-0.2, -0.15) is 0 Å². The third-order valence-corrected chi connectivity index (χ3v) is 5.55. The van der Waals surface area contributed by atoms with Crippen molar-refractivity contribution in [1.29, 1.82) is 0 Å². The fourth-order valence-corrected chi connectivity index (χ4v) is 4.26. The number of phenols is 1. The van der Waals surface area contributed by atoms with Crippen molar-refractivity contribution in [3.63, 3.8) is 0 Å². The zero-order valence-electron chi connectivity index (χ0n) is 15.8. The van der Waals surface area contributed by atoms with Crippen LogP contribution in [-0.4, -0.2) is 5.11 Å². The number of halogens is 2. The highest BCUT2D eigenvalue weighted by molar-refractivity contribution is 7.80. The Morgan fingerprint density at radius 2 is 1.61 bits per heavy atom. The van der Waals surface area contributed by atoms with E-state index >= 15 is 0 Å². The van der Waals surface area contributed by atoms with Crippen LogP contribution in [0.3, 0.4) is 0 Å². The smallest absolute Gasteiger partial charge is 0.115 e. The maximum Gasteiger partial charge on any atom is 0.115 e. The van der Waals surface area contributed by atoms with Crippen LogP contribution in [0.5, 0.6) is 5.75 Å². The monoisotopic (exact) mass is 428 g/mol.